The molecular weight excluding hydrogens is 252 g/mol. The molecule has 1 unspecified atom stereocenters. The van der Waals surface area contributed by atoms with Crippen molar-refractivity contribution in [1.82, 2.24) is 4.90 Å². The average Bonchev–Trinajstić information content (AvgIpc) is 2.82. The van der Waals surface area contributed by atoms with Gasteiger partial charge in [0.25, 0.3) is 0 Å². The lowest BCUT2D eigenvalue weighted by molar-refractivity contribution is -0.136. The van der Waals surface area contributed by atoms with E-state index in [4.69, 9.17) is 10.5 Å². The van der Waals surface area contributed by atoms with Crippen LogP contribution in [0.2, 0.25) is 0 Å². The molecule has 1 aliphatic carbocycles. The zero-order chi connectivity index (χ0) is 14.4. The molecule has 116 valence electrons. The van der Waals surface area contributed by atoms with Gasteiger partial charge in [-0.05, 0) is 51.0 Å². The number of hydrogen-bond acceptors (Lipinski definition) is 3. The summed E-state index contributed by atoms with van der Waals surface area (Å²) < 4.78 is 5.85. The molecule has 20 heavy (non-hydrogen) atoms. The maximum Gasteiger partial charge on any atom is 0.226 e. The van der Waals surface area contributed by atoms with E-state index in [2.05, 4.69) is 11.8 Å². The van der Waals surface area contributed by atoms with Gasteiger partial charge in [-0.1, -0.05) is 13.3 Å². The number of carbonyl (C=O) groups is 1. The molecule has 0 aromatic rings. The van der Waals surface area contributed by atoms with Crippen molar-refractivity contribution in [3.8, 4) is 0 Å². The van der Waals surface area contributed by atoms with Crippen molar-refractivity contribution >= 4 is 5.91 Å². The largest absolute Gasteiger partial charge is 0.378 e. The van der Waals surface area contributed by atoms with E-state index in [1.807, 2.05) is 0 Å². The molecule has 1 heterocycles. The highest BCUT2D eigenvalue weighted by Gasteiger charge is 2.35. The first-order chi connectivity index (χ1) is 9.76. The zero-order valence-corrected chi connectivity index (χ0v) is 12.9. The fourth-order valence-electron chi connectivity index (χ4n) is 3.62. The topological polar surface area (TPSA) is 55.6 Å². The van der Waals surface area contributed by atoms with Gasteiger partial charge in [-0.2, -0.15) is 0 Å². The summed E-state index contributed by atoms with van der Waals surface area (Å²) >= 11 is 0. The molecule has 2 rings (SSSR count). The molecule has 3 atom stereocenters. The Labute approximate surface area is 123 Å². The van der Waals surface area contributed by atoms with E-state index in [1.165, 1.54) is 0 Å². The van der Waals surface area contributed by atoms with E-state index < -0.39 is 0 Å². The highest BCUT2D eigenvalue weighted by atomic mass is 16.5. The summed E-state index contributed by atoms with van der Waals surface area (Å²) in [7, 11) is 0. The maximum absolute atomic E-state index is 12.7. The van der Waals surface area contributed by atoms with Gasteiger partial charge < -0.3 is 15.4 Å². The summed E-state index contributed by atoms with van der Waals surface area (Å²) in [4.78, 5) is 14.8. The van der Waals surface area contributed by atoms with Crippen molar-refractivity contribution in [1.29, 1.82) is 0 Å². The van der Waals surface area contributed by atoms with E-state index in [9.17, 15) is 4.79 Å². The van der Waals surface area contributed by atoms with Crippen molar-refractivity contribution in [2.75, 3.05) is 26.2 Å². The Hall–Kier alpha value is -0.610. The van der Waals surface area contributed by atoms with Gasteiger partial charge in [0.15, 0.2) is 0 Å². The molecule has 2 N–H and O–H groups in total. The van der Waals surface area contributed by atoms with Crippen LogP contribution in [-0.2, 0) is 9.53 Å². The van der Waals surface area contributed by atoms with Crippen LogP contribution >= 0.6 is 0 Å². The lowest BCUT2D eigenvalue weighted by atomic mass is 9.94. The normalized spacial score (nSPS) is 31.3. The predicted molar refractivity (Wildman–Crippen MR) is 80.3 cm³/mol. The fourth-order valence-corrected chi connectivity index (χ4v) is 3.62. The predicted octanol–water partition coefficient (Wildman–Crippen LogP) is 2.17. The van der Waals surface area contributed by atoms with Crippen LogP contribution in [0.1, 0.15) is 51.9 Å². The van der Waals surface area contributed by atoms with Gasteiger partial charge in [0, 0.05) is 25.6 Å². The van der Waals surface area contributed by atoms with Gasteiger partial charge in [0.1, 0.15) is 0 Å². The first kappa shape index (κ1) is 15.8. The summed E-state index contributed by atoms with van der Waals surface area (Å²) in [5.41, 5.74) is 5.81. The maximum atomic E-state index is 12.7. The molecule has 1 saturated carbocycles. The molecule has 2 aliphatic rings. The second kappa shape index (κ2) is 7.99. The molecule has 0 spiro atoms. The molecular formula is C16H30N2O2. The highest BCUT2D eigenvalue weighted by molar-refractivity contribution is 5.79. The molecule has 0 radical (unpaired) electrons. The first-order valence-electron chi connectivity index (χ1n) is 8.36. The molecule has 1 amide bonds. The first-order valence-corrected chi connectivity index (χ1v) is 8.36. The Bertz CT molecular complexity index is 309. The smallest absolute Gasteiger partial charge is 0.226 e. The number of rotatable bonds is 5. The zero-order valence-electron chi connectivity index (χ0n) is 12.9. The number of nitrogens with two attached hydrogens (primary N) is 1. The van der Waals surface area contributed by atoms with Gasteiger partial charge in [-0.15, -0.1) is 0 Å². The van der Waals surface area contributed by atoms with Gasteiger partial charge in [-0.25, -0.2) is 0 Å². The third kappa shape index (κ3) is 3.95. The Morgan fingerprint density at radius 1 is 1.20 bits per heavy atom. The van der Waals surface area contributed by atoms with Crippen LogP contribution in [0, 0.1) is 11.8 Å². The molecule has 1 aliphatic heterocycles. The lowest BCUT2D eigenvalue weighted by Gasteiger charge is -2.27. The van der Waals surface area contributed by atoms with Crippen LogP contribution in [0.4, 0.5) is 0 Å². The third-order valence-electron chi connectivity index (χ3n) is 4.82. The Morgan fingerprint density at radius 3 is 2.80 bits per heavy atom. The number of likely N-dealkylation sites (tertiary alicyclic amines) is 1. The van der Waals surface area contributed by atoms with Crippen molar-refractivity contribution < 1.29 is 9.53 Å². The van der Waals surface area contributed by atoms with E-state index in [0.29, 0.717) is 24.5 Å². The number of amides is 1. The van der Waals surface area contributed by atoms with Crippen molar-refractivity contribution in [2.45, 2.75) is 58.0 Å². The molecule has 2 fully saturated rings. The van der Waals surface area contributed by atoms with E-state index >= 15 is 0 Å². The molecule has 4 heteroatoms. The molecule has 4 nitrogen and oxygen atoms in total. The minimum Gasteiger partial charge on any atom is -0.378 e. The van der Waals surface area contributed by atoms with Crippen molar-refractivity contribution in [3.63, 3.8) is 0 Å². The second-order valence-corrected chi connectivity index (χ2v) is 6.28. The quantitative estimate of drug-likeness (QED) is 0.841. The SMILES string of the molecule is CCCOC1CCCN(C(=O)[C@@H]2CCC[C@@H]2CN)CC1. The van der Waals surface area contributed by atoms with Crippen LogP contribution in [0.3, 0.4) is 0 Å². The highest BCUT2D eigenvalue weighted by Crippen LogP contribution is 2.33. The van der Waals surface area contributed by atoms with Crippen LogP contribution < -0.4 is 5.73 Å². The van der Waals surface area contributed by atoms with Crippen LogP contribution in [0.15, 0.2) is 0 Å². The van der Waals surface area contributed by atoms with Gasteiger partial charge >= 0.3 is 0 Å². The minimum absolute atomic E-state index is 0.188. The average molecular weight is 282 g/mol. The standard InChI is InChI=1S/C16H30N2O2/c1-2-11-20-14-6-4-9-18(10-8-14)16(19)15-7-3-5-13(15)12-17/h13-15H,2-12,17H2,1H3/t13-,14?,15-/m1/s1. The Kier molecular flexibility index (Phi) is 6.30. The van der Waals surface area contributed by atoms with Gasteiger partial charge in [0.05, 0.1) is 6.10 Å². The van der Waals surface area contributed by atoms with Crippen LogP contribution in [0.5, 0.6) is 0 Å². The third-order valence-corrected chi connectivity index (χ3v) is 4.82. The number of ether oxygens (including phenoxy) is 1. The summed E-state index contributed by atoms with van der Waals surface area (Å²) in [5.74, 6) is 0.958. The Morgan fingerprint density at radius 2 is 2.05 bits per heavy atom. The second-order valence-electron chi connectivity index (χ2n) is 6.28. The summed E-state index contributed by atoms with van der Waals surface area (Å²) in [6.07, 6.45) is 7.89. The van der Waals surface area contributed by atoms with E-state index in [-0.39, 0.29) is 5.92 Å². The number of carbonyl (C=O) groups excluding carboxylic acids is 1. The molecule has 0 bridgehead atoms. The summed E-state index contributed by atoms with van der Waals surface area (Å²) in [6.45, 7) is 5.40. The van der Waals surface area contributed by atoms with Gasteiger partial charge in [-0.3, -0.25) is 4.79 Å². The molecule has 0 aromatic heterocycles. The molecule has 1 saturated heterocycles. The monoisotopic (exact) mass is 282 g/mol. The van der Waals surface area contributed by atoms with Crippen molar-refractivity contribution in [2.24, 2.45) is 17.6 Å². The molecule has 0 aromatic carbocycles. The van der Waals surface area contributed by atoms with Crippen LogP contribution in [-0.4, -0.2) is 43.2 Å². The lowest BCUT2D eigenvalue weighted by Crippen LogP contribution is -2.39. The van der Waals surface area contributed by atoms with Crippen LogP contribution in [0.25, 0.3) is 0 Å². The summed E-state index contributed by atoms with van der Waals surface area (Å²) in [6, 6.07) is 0. The van der Waals surface area contributed by atoms with Gasteiger partial charge in [0.2, 0.25) is 5.91 Å². The number of nitrogens with zero attached hydrogens (tertiary/aromatic N) is 1. The minimum atomic E-state index is 0.188. The summed E-state index contributed by atoms with van der Waals surface area (Å²) in [5, 5.41) is 0. The van der Waals surface area contributed by atoms with Crippen molar-refractivity contribution in [3.05, 3.63) is 0 Å². The van der Waals surface area contributed by atoms with E-state index in [0.717, 1.165) is 64.6 Å². The number of hydrogen-bond donors (Lipinski definition) is 1. The Balaban J connectivity index is 1.84. The fraction of sp³-hybridized carbons (Fsp3) is 0.938. The van der Waals surface area contributed by atoms with E-state index in [1.54, 1.807) is 0 Å².